The Labute approximate surface area is 182 Å². The molecular formula is C24H18N4O4. The number of aromatic hydroxyl groups is 1. The van der Waals surface area contributed by atoms with Crippen molar-refractivity contribution in [1.82, 2.24) is 14.6 Å². The summed E-state index contributed by atoms with van der Waals surface area (Å²) in [5, 5.41) is 16.1. The van der Waals surface area contributed by atoms with Crippen LogP contribution in [0, 0.1) is 0 Å². The summed E-state index contributed by atoms with van der Waals surface area (Å²) < 4.78 is 7.26. The average molecular weight is 426 g/mol. The molecule has 1 atom stereocenters. The summed E-state index contributed by atoms with van der Waals surface area (Å²) in [4.78, 5) is 30.5. The van der Waals surface area contributed by atoms with Gasteiger partial charge in [-0.3, -0.25) is 9.59 Å². The van der Waals surface area contributed by atoms with Crippen LogP contribution in [0.2, 0.25) is 0 Å². The number of benzene rings is 3. The lowest BCUT2D eigenvalue weighted by Crippen LogP contribution is -2.30. The molecule has 1 aliphatic heterocycles. The van der Waals surface area contributed by atoms with Gasteiger partial charge in [0.15, 0.2) is 5.82 Å². The van der Waals surface area contributed by atoms with E-state index >= 15 is 0 Å². The summed E-state index contributed by atoms with van der Waals surface area (Å²) in [6.07, 6.45) is -1.02. The molecule has 2 heterocycles. The largest absolute Gasteiger partial charge is 0.507 e. The number of carbonyl (C=O) groups is 1. The molecule has 1 unspecified atom stereocenters. The lowest BCUT2D eigenvalue weighted by atomic mass is 10.1. The van der Waals surface area contributed by atoms with Crippen molar-refractivity contribution in [1.29, 1.82) is 0 Å². The zero-order valence-electron chi connectivity index (χ0n) is 17.0. The van der Waals surface area contributed by atoms with Gasteiger partial charge in [-0.1, -0.05) is 54.6 Å². The molecule has 0 bridgehead atoms. The molecule has 5 rings (SSSR count). The Morgan fingerprint density at radius 3 is 2.41 bits per heavy atom. The molecule has 0 spiro atoms. The third-order valence-electron chi connectivity index (χ3n) is 5.16. The SMILES string of the molecule is CC(=O)N1N=C(n2c(-c3ccccc3)nc3ccccc3c2=O)OC1c1ccccc1O. The molecule has 1 aliphatic rings. The fourth-order valence-electron chi connectivity index (χ4n) is 3.63. The van der Waals surface area contributed by atoms with Gasteiger partial charge < -0.3 is 9.84 Å². The third-order valence-corrected chi connectivity index (χ3v) is 5.16. The zero-order valence-corrected chi connectivity index (χ0v) is 17.0. The molecular weight excluding hydrogens is 408 g/mol. The van der Waals surface area contributed by atoms with Crippen molar-refractivity contribution >= 4 is 22.8 Å². The molecule has 0 saturated carbocycles. The van der Waals surface area contributed by atoms with Crippen molar-refractivity contribution in [3.05, 3.63) is 94.8 Å². The normalized spacial score (nSPS) is 15.5. The van der Waals surface area contributed by atoms with Gasteiger partial charge in [0.05, 0.1) is 16.5 Å². The van der Waals surface area contributed by atoms with Gasteiger partial charge in [0.2, 0.25) is 12.1 Å². The van der Waals surface area contributed by atoms with Gasteiger partial charge in [-0.05, 0) is 24.3 Å². The Morgan fingerprint density at radius 2 is 1.66 bits per heavy atom. The molecule has 8 nitrogen and oxygen atoms in total. The second-order valence-corrected chi connectivity index (χ2v) is 7.23. The van der Waals surface area contributed by atoms with Crippen molar-refractivity contribution < 1.29 is 14.6 Å². The first-order valence-electron chi connectivity index (χ1n) is 9.95. The molecule has 0 radical (unpaired) electrons. The number of ether oxygens (including phenoxy) is 1. The van der Waals surface area contributed by atoms with Crippen LogP contribution in [-0.2, 0) is 9.53 Å². The van der Waals surface area contributed by atoms with Crippen LogP contribution in [0.15, 0.2) is 88.8 Å². The summed E-state index contributed by atoms with van der Waals surface area (Å²) in [7, 11) is 0. The van der Waals surface area contributed by atoms with Gasteiger partial charge in [-0.15, -0.1) is 5.10 Å². The number of fused-ring (bicyclic) bond motifs is 1. The molecule has 32 heavy (non-hydrogen) atoms. The Kier molecular flexibility index (Phi) is 4.67. The van der Waals surface area contributed by atoms with E-state index in [1.807, 2.05) is 36.4 Å². The second kappa shape index (κ2) is 7.66. The number of rotatable bonds is 2. The number of aromatic nitrogens is 2. The highest BCUT2D eigenvalue weighted by Crippen LogP contribution is 2.34. The standard InChI is InChI=1S/C24H18N4O4/c1-15(29)28-23(18-12-6-8-14-20(18)30)32-24(26-28)27-21(16-9-3-2-4-10-16)25-19-13-7-5-11-17(19)22(27)31/h2-14,23,30H,1H3. The van der Waals surface area contributed by atoms with E-state index in [0.29, 0.717) is 27.9 Å². The van der Waals surface area contributed by atoms with Gasteiger partial charge in [0.25, 0.3) is 5.56 Å². The first kappa shape index (κ1) is 19.5. The summed E-state index contributed by atoms with van der Waals surface area (Å²) in [6.45, 7) is 1.34. The number of hydrazone groups is 1. The molecule has 0 saturated heterocycles. The van der Waals surface area contributed by atoms with Gasteiger partial charge in [0.1, 0.15) is 5.75 Å². The number of amides is 1. The van der Waals surface area contributed by atoms with E-state index in [-0.39, 0.29) is 17.3 Å². The minimum atomic E-state index is -1.02. The number of hydrogen-bond acceptors (Lipinski definition) is 6. The molecule has 4 aromatic rings. The fraction of sp³-hybridized carbons (Fsp3) is 0.0833. The highest BCUT2D eigenvalue weighted by molar-refractivity contribution is 5.89. The van der Waals surface area contributed by atoms with Crippen LogP contribution in [0.1, 0.15) is 18.7 Å². The van der Waals surface area contributed by atoms with E-state index in [2.05, 4.69) is 10.1 Å². The van der Waals surface area contributed by atoms with E-state index in [0.717, 1.165) is 5.01 Å². The van der Waals surface area contributed by atoms with Crippen molar-refractivity contribution in [3.8, 4) is 17.1 Å². The summed E-state index contributed by atoms with van der Waals surface area (Å²) in [5.74, 6) is -0.127. The van der Waals surface area contributed by atoms with Crippen LogP contribution >= 0.6 is 0 Å². The zero-order chi connectivity index (χ0) is 22.2. The van der Waals surface area contributed by atoms with E-state index in [1.165, 1.54) is 17.6 Å². The van der Waals surface area contributed by atoms with Gasteiger partial charge in [-0.25, -0.2) is 9.55 Å². The maximum absolute atomic E-state index is 13.5. The Morgan fingerprint density at radius 1 is 0.969 bits per heavy atom. The van der Waals surface area contributed by atoms with Crippen LogP contribution in [0.25, 0.3) is 22.3 Å². The number of phenols is 1. The molecule has 1 amide bonds. The monoisotopic (exact) mass is 426 g/mol. The quantitative estimate of drug-likeness (QED) is 0.529. The van der Waals surface area contributed by atoms with Crippen LogP contribution in [0.4, 0.5) is 0 Å². The lowest BCUT2D eigenvalue weighted by molar-refractivity contribution is -0.135. The maximum atomic E-state index is 13.5. The predicted octanol–water partition coefficient (Wildman–Crippen LogP) is 3.47. The Balaban J connectivity index is 1.73. The molecule has 1 N–H and O–H groups in total. The summed E-state index contributed by atoms with van der Waals surface area (Å²) in [6, 6.07) is 22.6. The number of phenolic OH excluding ortho intramolecular Hbond substituents is 1. The third kappa shape index (κ3) is 3.18. The molecule has 8 heteroatoms. The number of nitrogens with zero attached hydrogens (tertiary/aromatic N) is 4. The van der Waals surface area contributed by atoms with Crippen LogP contribution < -0.4 is 5.56 Å². The Hall–Kier alpha value is -4.46. The van der Waals surface area contributed by atoms with E-state index in [1.54, 1.807) is 36.4 Å². The molecule has 1 aromatic heterocycles. The predicted molar refractivity (Wildman–Crippen MR) is 119 cm³/mol. The van der Waals surface area contributed by atoms with Gasteiger partial charge >= 0.3 is 6.02 Å². The smallest absolute Gasteiger partial charge is 0.325 e. The maximum Gasteiger partial charge on any atom is 0.325 e. The Bertz CT molecular complexity index is 1430. The highest BCUT2D eigenvalue weighted by Gasteiger charge is 2.36. The average Bonchev–Trinajstić information content (AvgIpc) is 3.25. The topological polar surface area (TPSA) is 97.0 Å². The van der Waals surface area contributed by atoms with Crippen molar-refractivity contribution in [2.24, 2.45) is 5.10 Å². The number of hydrogen-bond donors (Lipinski definition) is 1. The van der Waals surface area contributed by atoms with Crippen molar-refractivity contribution in [2.45, 2.75) is 13.2 Å². The second-order valence-electron chi connectivity index (χ2n) is 7.23. The van der Waals surface area contributed by atoms with E-state index < -0.39 is 12.1 Å². The highest BCUT2D eigenvalue weighted by atomic mass is 16.6. The summed E-state index contributed by atoms with van der Waals surface area (Å²) >= 11 is 0. The minimum Gasteiger partial charge on any atom is -0.507 e. The van der Waals surface area contributed by atoms with E-state index in [9.17, 15) is 14.7 Å². The van der Waals surface area contributed by atoms with E-state index in [4.69, 9.17) is 4.74 Å². The van der Waals surface area contributed by atoms with Gasteiger partial charge in [0, 0.05) is 12.5 Å². The van der Waals surface area contributed by atoms with Gasteiger partial charge in [-0.2, -0.15) is 5.01 Å². The van der Waals surface area contributed by atoms with Crippen LogP contribution in [0.3, 0.4) is 0 Å². The lowest BCUT2D eigenvalue weighted by Gasteiger charge is -2.20. The van der Waals surface area contributed by atoms with Crippen LogP contribution in [0.5, 0.6) is 5.75 Å². The molecule has 0 aliphatic carbocycles. The number of para-hydroxylation sites is 2. The summed E-state index contributed by atoms with van der Waals surface area (Å²) in [5.41, 5.74) is 1.19. The fourth-order valence-corrected chi connectivity index (χ4v) is 3.63. The van der Waals surface area contributed by atoms with Crippen LogP contribution in [-0.4, -0.2) is 31.6 Å². The van der Waals surface area contributed by atoms with Crippen molar-refractivity contribution in [2.75, 3.05) is 0 Å². The minimum absolute atomic E-state index is 0.0486. The molecule has 0 fully saturated rings. The molecule has 158 valence electrons. The van der Waals surface area contributed by atoms with Crippen molar-refractivity contribution in [3.63, 3.8) is 0 Å². The first-order valence-corrected chi connectivity index (χ1v) is 9.95. The molecule has 3 aromatic carbocycles. The number of carbonyl (C=O) groups excluding carboxylic acids is 1. The first-order chi connectivity index (χ1) is 15.5.